The number of ether oxygens (including phenoxy) is 1. The number of Topliss-reactive ketones (excluding diaryl/α,β-unsaturated/α-hetero) is 1. The molecule has 0 aliphatic carbocycles. The highest BCUT2D eigenvalue weighted by Crippen LogP contribution is 2.08. The molecule has 0 aliphatic heterocycles. The van der Waals surface area contributed by atoms with E-state index in [4.69, 9.17) is 4.74 Å². The van der Waals surface area contributed by atoms with Gasteiger partial charge in [-0.25, -0.2) is 4.39 Å². The number of thioether (sulfide) groups is 1. The molecule has 0 N–H and O–H groups in total. The van der Waals surface area contributed by atoms with Crippen LogP contribution < -0.4 is 0 Å². The molecule has 2 nitrogen and oxygen atoms in total. The lowest BCUT2D eigenvalue weighted by Crippen LogP contribution is -2.04. The van der Waals surface area contributed by atoms with Crippen molar-refractivity contribution < 1.29 is 13.9 Å². The first kappa shape index (κ1) is 12.2. The van der Waals surface area contributed by atoms with E-state index >= 15 is 0 Å². The molecular weight excluding hydrogens is 215 g/mol. The summed E-state index contributed by atoms with van der Waals surface area (Å²) in [4.78, 5) is 11.5. The molecular formula is C11H13FO2S. The van der Waals surface area contributed by atoms with Crippen molar-refractivity contribution in [3.63, 3.8) is 0 Å². The van der Waals surface area contributed by atoms with Crippen LogP contribution in [-0.4, -0.2) is 31.0 Å². The van der Waals surface area contributed by atoms with E-state index in [0.29, 0.717) is 17.9 Å². The summed E-state index contributed by atoms with van der Waals surface area (Å²) < 4.78 is 17.6. The number of ketones is 1. The van der Waals surface area contributed by atoms with Crippen LogP contribution in [0, 0.1) is 5.82 Å². The molecule has 0 heterocycles. The average molecular weight is 228 g/mol. The maximum Gasteiger partial charge on any atom is 0.172 e. The summed E-state index contributed by atoms with van der Waals surface area (Å²) in [6, 6.07) is 5.76. The molecule has 4 heteroatoms. The molecule has 0 spiro atoms. The first-order valence-electron chi connectivity index (χ1n) is 4.59. The molecule has 0 saturated carbocycles. The Balaban J connectivity index is 2.40. The molecule has 1 aromatic carbocycles. The zero-order valence-electron chi connectivity index (χ0n) is 8.53. The second-order valence-corrected chi connectivity index (χ2v) is 4.08. The van der Waals surface area contributed by atoms with Crippen LogP contribution in [0.2, 0.25) is 0 Å². The van der Waals surface area contributed by atoms with Gasteiger partial charge in [-0.15, -0.1) is 0 Å². The molecule has 0 amide bonds. The highest BCUT2D eigenvalue weighted by atomic mass is 32.2. The molecule has 0 radical (unpaired) electrons. The quantitative estimate of drug-likeness (QED) is 0.552. The van der Waals surface area contributed by atoms with Crippen molar-refractivity contribution in [2.24, 2.45) is 0 Å². The second kappa shape index (κ2) is 6.58. The molecule has 0 saturated heterocycles. The summed E-state index contributed by atoms with van der Waals surface area (Å²) >= 11 is 1.49. The first-order chi connectivity index (χ1) is 7.24. The van der Waals surface area contributed by atoms with Crippen molar-refractivity contribution >= 4 is 17.5 Å². The van der Waals surface area contributed by atoms with E-state index in [1.54, 1.807) is 19.2 Å². The molecule has 0 unspecified atom stereocenters. The van der Waals surface area contributed by atoms with E-state index in [0.717, 1.165) is 5.75 Å². The molecule has 15 heavy (non-hydrogen) atoms. The molecule has 0 fully saturated rings. The number of hydrogen-bond donors (Lipinski definition) is 0. The van der Waals surface area contributed by atoms with Crippen molar-refractivity contribution in [3.05, 3.63) is 35.6 Å². The summed E-state index contributed by atoms with van der Waals surface area (Å²) in [5.74, 6) is 0.725. The van der Waals surface area contributed by atoms with Gasteiger partial charge in [0.05, 0.1) is 12.4 Å². The molecule has 0 aliphatic rings. The van der Waals surface area contributed by atoms with E-state index in [9.17, 15) is 9.18 Å². The summed E-state index contributed by atoms with van der Waals surface area (Å²) in [5, 5.41) is 0. The lowest BCUT2D eigenvalue weighted by molar-refractivity contribution is 0.102. The largest absolute Gasteiger partial charge is 0.384 e. The van der Waals surface area contributed by atoms with Gasteiger partial charge >= 0.3 is 0 Å². The van der Waals surface area contributed by atoms with Gasteiger partial charge in [-0.2, -0.15) is 11.8 Å². The SMILES string of the molecule is COCCSCC(=O)c1cccc(F)c1. The van der Waals surface area contributed by atoms with Crippen LogP contribution >= 0.6 is 11.8 Å². The zero-order chi connectivity index (χ0) is 11.1. The average Bonchev–Trinajstić information content (AvgIpc) is 2.24. The minimum absolute atomic E-state index is 0.0457. The summed E-state index contributed by atoms with van der Waals surface area (Å²) in [6.45, 7) is 0.626. The number of carbonyl (C=O) groups is 1. The number of hydrogen-bond acceptors (Lipinski definition) is 3. The second-order valence-electron chi connectivity index (χ2n) is 2.98. The Morgan fingerprint density at radius 3 is 3.00 bits per heavy atom. The predicted molar refractivity (Wildman–Crippen MR) is 59.9 cm³/mol. The van der Waals surface area contributed by atoms with Crippen molar-refractivity contribution in [1.29, 1.82) is 0 Å². The van der Waals surface area contributed by atoms with Gasteiger partial charge < -0.3 is 4.74 Å². The lowest BCUT2D eigenvalue weighted by atomic mass is 10.1. The van der Waals surface area contributed by atoms with E-state index in [1.165, 1.54) is 23.9 Å². The Bertz CT molecular complexity index is 328. The van der Waals surface area contributed by atoms with E-state index in [-0.39, 0.29) is 11.6 Å². The molecule has 1 aromatic rings. The van der Waals surface area contributed by atoms with Crippen LogP contribution in [0.3, 0.4) is 0 Å². The fourth-order valence-corrected chi connectivity index (χ4v) is 1.83. The van der Waals surface area contributed by atoms with Gasteiger partial charge in [0.1, 0.15) is 5.82 Å². The normalized spacial score (nSPS) is 10.3. The third kappa shape index (κ3) is 4.44. The third-order valence-electron chi connectivity index (χ3n) is 1.81. The number of benzene rings is 1. The minimum atomic E-state index is -0.372. The summed E-state index contributed by atoms with van der Waals surface area (Å²) in [7, 11) is 1.62. The van der Waals surface area contributed by atoms with Crippen LogP contribution in [0.5, 0.6) is 0 Å². The predicted octanol–water partition coefficient (Wildman–Crippen LogP) is 2.39. The van der Waals surface area contributed by atoms with Gasteiger partial charge in [0.25, 0.3) is 0 Å². The van der Waals surface area contributed by atoms with Gasteiger partial charge in [-0.3, -0.25) is 4.79 Å². The van der Waals surface area contributed by atoms with Gasteiger partial charge in [0, 0.05) is 18.4 Å². The van der Waals surface area contributed by atoms with Crippen LogP contribution in [0.25, 0.3) is 0 Å². The van der Waals surface area contributed by atoms with Crippen LogP contribution in [0.15, 0.2) is 24.3 Å². The van der Waals surface area contributed by atoms with Crippen LogP contribution in [0.4, 0.5) is 4.39 Å². The van der Waals surface area contributed by atoms with E-state index < -0.39 is 0 Å². The Morgan fingerprint density at radius 1 is 1.53 bits per heavy atom. The van der Waals surface area contributed by atoms with Gasteiger partial charge in [0.15, 0.2) is 5.78 Å². The van der Waals surface area contributed by atoms with Crippen LogP contribution in [0.1, 0.15) is 10.4 Å². The van der Waals surface area contributed by atoms with Crippen molar-refractivity contribution in [2.75, 3.05) is 25.2 Å². The highest BCUT2D eigenvalue weighted by Gasteiger charge is 2.06. The molecule has 0 bridgehead atoms. The first-order valence-corrected chi connectivity index (χ1v) is 5.75. The number of methoxy groups -OCH3 is 1. The van der Waals surface area contributed by atoms with Crippen molar-refractivity contribution in [2.45, 2.75) is 0 Å². The number of rotatable bonds is 6. The Labute approximate surface area is 92.8 Å². The monoisotopic (exact) mass is 228 g/mol. The van der Waals surface area contributed by atoms with E-state index in [2.05, 4.69) is 0 Å². The number of halogens is 1. The topological polar surface area (TPSA) is 26.3 Å². The molecule has 0 aromatic heterocycles. The van der Waals surface area contributed by atoms with Gasteiger partial charge in [-0.1, -0.05) is 12.1 Å². The lowest BCUT2D eigenvalue weighted by Gasteiger charge is -2.01. The minimum Gasteiger partial charge on any atom is -0.384 e. The van der Waals surface area contributed by atoms with Crippen LogP contribution in [-0.2, 0) is 4.74 Å². The van der Waals surface area contributed by atoms with E-state index in [1.807, 2.05) is 0 Å². The molecule has 0 atom stereocenters. The molecule has 82 valence electrons. The number of carbonyl (C=O) groups excluding carboxylic acids is 1. The Morgan fingerprint density at radius 2 is 2.33 bits per heavy atom. The van der Waals surface area contributed by atoms with Crippen molar-refractivity contribution in [1.82, 2.24) is 0 Å². The summed E-state index contributed by atoms with van der Waals surface area (Å²) in [5.41, 5.74) is 0.430. The molecule has 1 rings (SSSR count). The van der Waals surface area contributed by atoms with Gasteiger partial charge in [-0.05, 0) is 12.1 Å². The maximum atomic E-state index is 12.8. The fraction of sp³-hybridized carbons (Fsp3) is 0.364. The zero-order valence-corrected chi connectivity index (χ0v) is 9.35. The Hall–Kier alpha value is -0.870. The summed E-state index contributed by atoms with van der Waals surface area (Å²) in [6.07, 6.45) is 0. The highest BCUT2D eigenvalue weighted by molar-refractivity contribution is 8.00. The smallest absolute Gasteiger partial charge is 0.172 e. The Kier molecular flexibility index (Phi) is 5.36. The maximum absolute atomic E-state index is 12.8. The standard InChI is InChI=1S/C11H13FO2S/c1-14-5-6-15-8-11(13)9-3-2-4-10(12)7-9/h2-4,7H,5-6,8H2,1H3. The third-order valence-corrected chi connectivity index (χ3v) is 2.73. The fourth-order valence-electron chi connectivity index (χ4n) is 1.05. The van der Waals surface area contributed by atoms with Gasteiger partial charge in [0.2, 0.25) is 0 Å². The van der Waals surface area contributed by atoms with Crippen molar-refractivity contribution in [3.8, 4) is 0 Å².